The molecule has 1 N–H and O–H groups in total. The Morgan fingerprint density at radius 1 is 1.16 bits per heavy atom. The molecule has 6 heteroatoms. The number of fused-ring (bicyclic) bond motifs is 1. The van der Waals surface area contributed by atoms with Crippen LogP contribution in [0, 0.1) is 0 Å². The van der Waals surface area contributed by atoms with E-state index >= 15 is 0 Å². The summed E-state index contributed by atoms with van der Waals surface area (Å²) in [7, 11) is 0. The van der Waals surface area contributed by atoms with E-state index in [1.807, 2.05) is 36.4 Å². The van der Waals surface area contributed by atoms with Crippen LogP contribution in [0.1, 0.15) is 16.2 Å². The van der Waals surface area contributed by atoms with Crippen molar-refractivity contribution < 1.29 is 4.79 Å². The van der Waals surface area contributed by atoms with E-state index in [9.17, 15) is 4.79 Å². The minimum Gasteiger partial charge on any atom is -0.352 e. The summed E-state index contributed by atoms with van der Waals surface area (Å²) in [6.07, 6.45) is 0.650. The van der Waals surface area contributed by atoms with Crippen molar-refractivity contribution in [3.63, 3.8) is 0 Å². The summed E-state index contributed by atoms with van der Waals surface area (Å²) in [5, 5.41) is 2.95. The van der Waals surface area contributed by atoms with Gasteiger partial charge in [0.15, 0.2) is 0 Å². The number of amides is 1. The highest BCUT2D eigenvalue weighted by molar-refractivity contribution is 9.11. The van der Waals surface area contributed by atoms with Crippen LogP contribution in [0.4, 0.5) is 0 Å². The average Bonchev–Trinajstić information content (AvgIpc) is 2.93. The van der Waals surface area contributed by atoms with Crippen molar-refractivity contribution in [1.29, 1.82) is 0 Å². The molecule has 1 aromatic heterocycles. The maximum absolute atomic E-state index is 12.2. The van der Waals surface area contributed by atoms with Gasteiger partial charge in [0.05, 0.1) is 17.6 Å². The van der Waals surface area contributed by atoms with Gasteiger partial charge in [-0.25, -0.2) is 4.98 Å². The predicted molar refractivity (Wildman–Crippen MR) is 108 cm³/mol. The van der Waals surface area contributed by atoms with Gasteiger partial charge >= 0.3 is 0 Å². The fourth-order valence-corrected chi connectivity index (χ4v) is 3.17. The van der Waals surface area contributed by atoms with Crippen LogP contribution in [0.25, 0.3) is 11.0 Å². The molecule has 0 aliphatic carbocycles. The van der Waals surface area contributed by atoms with Crippen LogP contribution < -0.4 is 5.32 Å². The lowest BCUT2D eigenvalue weighted by atomic mass is 10.2. The third-order valence-electron chi connectivity index (χ3n) is 3.80. The summed E-state index contributed by atoms with van der Waals surface area (Å²) in [5.41, 5.74) is 2.66. The van der Waals surface area contributed by atoms with E-state index in [0.29, 0.717) is 25.1 Å². The molecule has 4 nitrogen and oxygen atoms in total. The van der Waals surface area contributed by atoms with Gasteiger partial charge in [0, 0.05) is 27.5 Å². The molecule has 0 saturated heterocycles. The molecule has 0 saturated carbocycles. The molecule has 0 aliphatic heterocycles. The Balaban J connectivity index is 1.71. The molecule has 25 heavy (non-hydrogen) atoms. The van der Waals surface area contributed by atoms with Gasteiger partial charge in [-0.15, -0.1) is 0 Å². The van der Waals surface area contributed by atoms with E-state index in [4.69, 9.17) is 4.98 Å². The summed E-state index contributed by atoms with van der Waals surface area (Å²) < 4.78 is 3.96. The number of hydrogen-bond donors (Lipinski definition) is 1. The molecular weight excluding hydrogens is 446 g/mol. The monoisotopic (exact) mass is 461 g/mol. The lowest BCUT2D eigenvalue weighted by molar-refractivity contribution is 0.0954. The third kappa shape index (κ3) is 4.38. The summed E-state index contributed by atoms with van der Waals surface area (Å²) in [6, 6.07) is 15.3. The Labute approximate surface area is 163 Å². The Bertz CT molecular complexity index is 916. The highest BCUT2D eigenvalue weighted by Gasteiger charge is 2.11. The van der Waals surface area contributed by atoms with Gasteiger partial charge in [-0.3, -0.25) is 4.79 Å². The van der Waals surface area contributed by atoms with Crippen LogP contribution in [-0.4, -0.2) is 22.0 Å². The first kappa shape index (κ1) is 17.9. The van der Waals surface area contributed by atoms with Crippen molar-refractivity contribution in [2.45, 2.75) is 13.0 Å². The molecule has 0 atom stereocenters. The number of allylic oxidation sites excluding steroid dienone is 1. The first-order chi connectivity index (χ1) is 12.0. The smallest absolute Gasteiger partial charge is 0.251 e. The first-order valence-corrected chi connectivity index (χ1v) is 9.44. The highest BCUT2D eigenvalue weighted by atomic mass is 79.9. The predicted octanol–water partition coefficient (Wildman–Crippen LogP) is 4.68. The zero-order valence-corrected chi connectivity index (χ0v) is 16.7. The Kier molecular flexibility index (Phi) is 5.71. The second-order valence-electron chi connectivity index (χ2n) is 5.63. The van der Waals surface area contributed by atoms with Gasteiger partial charge in [-0.05, 0) is 36.4 Å². The molecule has 3 aromatic rings. The molecule has 1 amide bonds. The van der Waals surface area contributed by atoms with E-state index in [1.165, 1.54) is 0 Å². The number of halogens is 2. The second-order valence-corrected chi connectivity index (χ2v) is 7.67. The molecule has 0 radical (unpaired) electrons. The minimum atomic E-state index is -0.0833. The Morgan fingerprint density at radius 2 is 1.88 bits per heavy atom. The summed E-state index contributed by atoms with van der Waals surface area (Å²) in [4.78, 5) is 16.9. The van der Waals surface area contributed by atoms with Crippen molar-refractivity contribution in [3.05, 3.63) is 75.5 Å². The van der Waals surface area contributed by atoms with Crippen molar-refractivity contribution in [3.8, 4) is 0 Å². The summed E-state index contributed by atoms with van der Waals surface area (Å²) in [6.45, 7) is 5.10. The number of rotatable bonds is 6. The minimum absolute atomic E-state index is 0.0833. The number of para-hydroxylation sites is 2. The van der Waals surface area contributed by atoms with E-state index in [1.54, 1.807) is 12.1 Å². The molecule has 0 unspecified atom stereocenters. The molecule has 1 heterocycles. The summed E-state index contributed by atoms with van der Waals surface area (Å²) in [5.74, 6) is 0.845. The number of aromatic nitrogens is 2. The topological polar surface area (TPSA) is 46.9 Å². The maximum atomic E-state index is 12.2. The maximum Gasteiger partial charge on any atom is 0.251 e. The quantitative estimate of drug-likeness (QED) is 0.578. The average molecular weight is 463 g/mol. The van der Waals surface area contributed by atoms with Crippen LogP contribution in [0.3, 0.4) is 0 Å². The number of imidazole rings is 1. The third-order valence-corrected chi connectivity index (χ3v) is 4.58. The Hall–Kier alpha value is -1.92. The number of hydrogen-bond acceptors (Lipinski definition) is 2. The fraction of sp³-hybridized carbons (Fsp3) is 0.158. The van der Waals surface area contributed by atoms with Crippen molar-refractivity contribution >= 4 is 48.8 Å². The van der Waals surface area contributed by atoms with E-state index < -0.39 is 0 Å². The summed E-state index contributed by atoms with van der Waals surface area (Å²) >= 11 is 6.80. The number of carbonyl (C=O) groups excluding carboxylic acids is 1. The molecular formula is C19H17Br2N3O. The number of benzene rings is 2. The van der Waals surface area contributed by atoms with Crippen LogP contribution in [0.2, 0.25) is 0 Å². The SMILES string of the molecule is C=C(Br)Cn1c(CCNC(=O)c2ccc(Br)cc2)nc2ccccc21. The van der Waals surface area contributed by atoms with Gasteiger partial charge in [-0.2, -0.15) is 0 Å². The van der Waals surface area contributed by atoms with Crippen molar-refractivity contribution in [2.24, 2.45) is 0 Å². The van der Waals surface area contributed by atoms with E-state index in [-0.39, 0.29) is 5.91 Å². The normalized spacial score (nSPS) is 10.8. The molecule has 0 bridgehead atoms. The van der Waals surface area contributed by atoms with Gasteiger partial charge in [-0.1, -0.05) is 50.6 Å². The van der Waals surface area contributed by atoms with Gasteiger partial charge in [0.1, 0.15) is 5.82 Å². The molecule has 0 spiro atoms. The van der Waals surface area contributed by atoms with Gasteiger partial charge < -0.3 is 9.88 Å². The molecule has 3 rings (SSSR count). The largest absolute Gasteiger partial charge is 0.352 e. The number of nitrogens with zero attached hydrogens (tertiary/aromatic N) is 2. The lowest BCUT2D eigenvalue weighted by Crippen LogP contribution is -2.26. The fourth-order valence-electron chi connectivity index (χ4n) is 2.66. The van der Waals surface area contributed by atoms with Gasteiger partial charge in [0.2, 0.25) is 0 Å². The standard InChI is InChI=1S/C19H17Br2N3O/c1-13(20)12-24-17-5-3-2-4-16(17)23-18(24)10-11-22-19(25)14-6-8-15(21)9-7-14/h2-9H,1,10-12H2,(H,22,25). The van der Waals surface area contributed by atoms with E-state index in [2.05, 4.69) is 48.3 Å². The Morgan fingerprint density at radius 3 is 2.60 bits per heavy atom. The molecule has 0 fully saturated rings. The van der Waals surface area contributed by atoms with Crippen LogP contribution in [-0.2, 0) is 13.0 Å². The van der Waals surface area contributed by atoms with Gasteiger partial charge in [0.25, 0.3) is 5.91 Å². The number of carbonyl (C=O) groups is 1. The van der Waals surface area contributed by atoms with Crippen LogP contribution in [0.15, 0.2) is 64.1 Å². The zero-order valence-electron chi connectivity index (χ0n) is 13.5. The first-order valence-electron chi connectivity index (χ1n) is 7.86. The van der Waals surface area contributed by atoms with Crippen molar-refractivity contribution in [2.75, 3.05) is 6.54 Å². The van der Waals surface area contributed by atoms with Crippen LogP contribution in [0.5, 0.6) is 0 Å². The molecule has 2 aromatic carbocycles. The molecule has 0 aliphatic rings. The second kappa shape index (κ2) is 7.97. The molecule has 128 valence electrons. The zero-order chi connectivity index (χ0) is 17.8. The lowest BCUT2D eigenvalue weighted by Gasteiger charge is -2.09. The van der Waals surface area contributed by atoms with Crippen LogP contribution >= 0.6 is 31.9 Å². The van der Waals surface area contributed by atoms with Crippen molar-refractivity contribution in [1.82, 2.24) is 14.9 Å². The number of nitrogens with one attached hydrogen (secondary N) is 1. The highest BCUT2D eigenvalue weighted by Crippen LogP contribution is 2.19. The van der Waals surface area contributed by atoms with E-state index in [0.717, 1.165) is 25.8 Å².